The van der Waals surface area contributed by atoms with Gasteiger partial charge in [-0.1, -0.05) is 51.3 Å². The zero-order valence-electron chi connectivity index (χ0n) is 30.4. The van der Waals surface area contributed by atoms with Crippen molar-refractivity contribution in [2.45, 2.75) is 127 Å². The number of carboxylic acid groups (broad SMARTS) is 1. The van der Waals surface area contributed by atoms with E-state index in [4.69, 9.17) is 14.2 Å². The molecule has 1 amide bonds. The van der Waals surface area contributed by atoms with Crippen LogP contribution in [0.25, 0.3) is 0 Å². The van der Waals surface area contributed by atoms with Crippen molar-refractivity contribution in [2.24, 2.45) is 22.7 Å². The molecule has 53 heavy (non-hydrogen) atoms. The summed E-state index contributed by atoms with van der Waals surface area (Å²) in [5.41, 5.74) is -7.45. The Morgan fingerprint density at radius 2 is 1.60 bits per heavy atom. The molecule has 3 saturated carbocycles. The predicted molar refractivity (Wildman–Crippen MR) is 177 cm³/mol. The molecule has 5 aliphatic rings. The summed E-state index contributed by atoms with van der Waals surface area (Å²) in [5, 5.41) is 71.9. The number of nitrogens with one attached hydrogen (secondary N) is 1. The fourth-order valence-corrected chi connectivity index (χ4v) is 9.82. The summed E-state index contributed by atoms with van der Waals surface area (Å²) in [5.74, 6) is -4.83. The Morgan fingerprint density at radius 1 is 0.981 bits per heavy atom. The van der Waals surface area contributed by atoms with Gasteiger partial charge in [0.05, 0.1) is 35.8 Å². The number of amides is 1. The number of hydrogen-bond acceptors (Lipinski definition) is 12. The second-order valence-corrected chi connectivity index (χ2v) is 15.9. The van der Waals surface area contributed by atoms with Crippen LogP contribution in [0.2, 0.25) is 0 Å². The van der Waals surface area contributed by atoms with Crippen molar-refractivity contribution < 1.29 is 152 Å². The number of esters is 2. The van der Waals surface area contributed by atoms with Gasteiger partial charge in [-0.2, -0.15) is 0 Å². The zero-order chi connectivity index (χ0) is 37.3. The monoisotopic (exact) mass is 1170 g/mol. The van der Waals surface area contributed by atoms with Crippen LogP contribution in [0.5, 0.6) is 0 Å². The minimum atomic E-state index is -2.29. The first-order valence-corrected chi connectivity index (χ1v) is 17.7. The number of fused-ring (bicyclic) bond motifs is 5. The molecule has 2 bridgehead atoms. The SMILES string of the molecule is CC1=C2[C@@H](O)C(=O)[C@@]3(C)[C@H]([C@H](OC(=O)c4ccccc4)[C@](O)(CC1OC(=O)[C@H](O)[C@@H](NC(=O)O)C1CCCCC1)C2(C)C)[C@]1(O)CO[C@@H]1C[C@@H]3O.[Ac].[Ac]. The molecule has 1 heterocycles. The maximum absolute atomic E-state index is 14.6. The summed E-state index contributed by atoms with van der Waals surface area (Å²) >= 11 is 0. The van der Waals surface area contributed by atoms with E-state index < -0.39 is 101 Å². The van der Waals surface area contributed by atoms with E-state index in [1.807, 2.05) is 0 Å². The van der Waals surface area contributed by atoms with Crippen molar-refractivity contribution >= 4 is 23.8 Å². The van der Waals surface area contributed by atoms with E-state index in [1.165, 1.54) is 26.0 Å². The molecule has 0 spiro atoms. The van der Waals surface area contributed by atoms with Gasteiger partial charge in [0.25, 0.3) is 0 Å². The minimum Gasteiger partial charge on any atom is -0.465 e. The number of aliphatic hydroxyl groups excluding tert-OH is 3. The predicted octanol–water partition coefficient (Wildman–Crippen LogP) is 1.64. The summed E-state index contributed by atoms with van der Waals surface area (Å²) in [6.07, 6.45) is -7.89. The van der Waals surface area contributed by atoms with Crippen LogP contribution in [-0.2, 0) is 23.8 Å². The van der Waals surface area contributed by atoms with E-state index in [2.05, 4.69) is 5.32 Å². The largest absolute Gasteiger partial charge is 0.465 e. The van der Waals surface area contributed by atoms with Crippen LogP contribution in [0.15, 0.2) is 41.5 Å². The molecular weight excluding hydrogens is 1120 g/mol. The van der Waals surface area contributed by atoms with Gasteiger partial charge >= 0.3 is 18.0 Å². The second-order valence-electron chi connectivity index (χ2n) is 15.9. The van der Waals surface area contributed by atoms with Crippen molar-refractivity contribution in [2.75, 3.05) is 6.61 Å². The number of Topliss-reactive ketones (excluding diaryl/α,β-unsaturated/α-hetero) is 1. The van der Waals surface area contributed by atoms with E-state index in [-0.39, 0.29) is 124 Å². The fourth-order valence-electron chi connectivity index (χ4n) is 9.82. The van der Waals surface area contributed by atoms with Crippen LogP contribution in [0, 0.1) is 111 Å². The maximum atomic E-state index is 14.6. The molecule has 1 saturated heterocycles. The first-order chi connectivity index (χ1) is 23.9. The van der Waals surface area contributed by atoms with Gasteiger partial charge in [0.2, 0.25) is 0 Å². The Hall–Kier alpha value is -0.517. The zero-order valence-corrected chi connectivity index (χ0v) is 39.9. The molecule has 1 aliphatic heterocycles. The molecular formula is C37H49Ac2NO13. The number of aliphatic hydroxyl groups is 5. The quantitative estimate of drug-likeness (QED) is 0.153. The summed E-state index contributed by atoms with van der Waals surface area (Å²) in [6.45, 7) is 5.68. The number of carbonyl (C=O) groups is 4. The minimum absolute atomic E-state index is 0. The van der Waals surface area contributed by atoms with Gasteiger partial charge in [-0.05, 0) is 55.9 Å². The van der Waals surface area contributed by atoms with Gasteiger partial charge in [-0.3, -0.25) is 4.79 Å². The van der Waals surface area contributed by atoms with E-state index in [0.717, 1.165) is 19.3 Å². The molecule has 4 aliphatic carbocycles. The smallest absolute Gasteiger partial charge is 0.404 e. The van der Waals surface area contributed by atoms with Gasteiger partial charge in [-0.25, -0.2) is 14.4 Å². The molecule has 286 valence electrons. The molecule has 7 N–H and O–H groups in total. The molecule has 16 heteroatoms. The van der Waals surface area contributed by atoms with Gasteiger partial charge in [0, 0.05) is 112 Å². The number of ketones is 1. The Labute approximate surface area is 379 Å². The third-order valence-corrected chi connectivity index (χ3v) is 12.9. The third kappa shape index (κ3) is 7.52. The average molecular weight is 1170 g/mol. The van der Waals surface area contributed by atoms with E-state index in [0.29, 0.717) is 12.8 Å². The number of rotatable bonds is 7. The normalized spacial score (nSPS) is 37.3. The first-order valence-electron chi connectivity index (χ1n) is 17.7. The van der Waals surface area contributed by atoms with Crippen molar-refractivity contribution in [3.63, 3.8) is 0 Å². The van der Waals surface area contributed by atoms with Crippen molar-refractivity contribution in [1.82, 2.24) is 5.32 Å². The molecule has 1 aromatic rings. The second kappa shape index (κ2) is 16.8. The molecule has 6 rings (SSSR count). The van der Waals surface area contributed by atoms with Crippen molar-refractivity contribution in [3.8, 4) is 0 Å². The van der Waals surface area contributed by atoms with Crippen molar-refractivity contribution in [3.05, 3.63) is 47.0 Å². The number of carbonyl (C=O) groups excluding carboxylic acids is 3. The van der Waals surface area contributed by atoms with E-state index >= 15 is 0 Å². The average Bonchev–Trinajstić information content (AvgIpc) is 3.09. The summed E-state index contributed by atoms with van der Waals surface area (Å²) in [4.78, 5) is 53.9. The number of ether oxygens (including phenoxy) is 3. The maximum Gasteiger partial charge on any atom is 0.404 e. The number of benzene rings is 1. The van der Waals surface area contributed by atoms with Crippen LogP contribution in [-0.4, -0.2) is 115 Å². The van der Waals surface area contributed by atoms with E-state index in [1.54, 1.807) is 32.0 Å². The molecule has 4 fully saturated rings. The van der Waals surface area contributed by atoms with Gasteiger partial charge in [0.15, 0.2) is 11.9 Å². The van der Waals surface area contributed by atoms with Gasteiger partial charge < -0.3 is 50.2 Å². The van der Waals surface area contributed by atoms with Crippen LogP contribution in [0.4, 0.5) is 4.79 Å². The summed E-state index contributed by atoms with van der Waals surface area (Å²) < 4.78 is 17.7. The molecule has 0 aromatic heterocycles. The molecule has 14 nitrogen and oxygen atoms in total. The standard InChI is InChI=1S/C37H49NO13.2Ac/c1-18-21(50-32(44)27(41)25(38-33(45)46)19-11-7-5-8-12-19)16-37(48)30(51-31(43)20-13-9-6-10-14-20)28-35(4,22(39)15-23-36(28,47)17-49-23)29(42)26(40)24(18)34(37,2)3;;/h6,9-10,13-14,19,21-23,25-28,30,38-41,47-48H,5,7-8,11-12,15-17H2,1-4H3,(H,45,46);;/t21?,22-,23+,25-,26+,27+,28-,30-,35+,36-,37+;;/m0../s1. The van der Waals surface area contributed by atoms with Gasteiger partial charge in [0.1, 0.15) is 29.5 Å². The molecule has 2 radical (unpaired) electrons. The van der Waals surface area contributed by atoms with Crippen LogP contribution < -0.4 is 5.32 Å². The van der Waals surface area contributed by atoms with Crippen LogP contribution >= 0.6 is 0 Å². The Bertz CT molecular complexity index is 1600. The Kier molecular flexibility index (Phi) is 14.3. The van der Waals surface area contributed by atoms with Crippen LogP contribution in [0.1, 0.15) is 83.0 Å². The molecule has 1 aromatic carbocycles. The number of hydrogen-bond donors (Lipinski definition) is 7. The first kappa shape index (κ1) is 45.2. The molecule has 1 unspecified atom stereocenters. The van der Waals surface area contributed by atoms with Gasteiger partial charge in [-0.15, -0.1) is 0 Å². The fraction of sp³-hybridized carbons (Fsp3) is 0.676. The summed E-state index contributed by atoms with van der Waals surface area (Å²) in [6, 6.07) is 6.70. The summed E-state index contributed by atoms with van der Waals surface area (Å²) in [7, 11) is 0. The van der Waals surface area contributed by atoms with Crippen molar-refractivity contribution in [1.29, 1.82) is 0 Å². The topological polar surface area (TPSA) is 229 Å². The Balaban J connectivity index is 0.00000314. The van der Waals surface area contributed by atoms with E-state index in [9.17, 15) is 49.8 Å². The third-order valence-electron chi connectivity index (χ3n) is 12.9. The molecule has 11 atom stereocenters. The Morgan fingerprint density at radius 3 is 2.17 bits per heavy atom. The van der Waals surface area contributed by atoms with Crippen LogP contribution in [0.3, 0.4) is 0 Å².